The van der Waals surface area contributed by atoms with Crippen LogP contribution < -0.4 is 10.6 Å². The topological polar surface area (TPSA) is 71.7 Å². The molecule has 2 aliphatic rings. The highest BCUT2D eigenvalue weighted by atomic mass is 32.1. The number of halogens is 2. The first-order valence-electron chi connectivity index (χ1n) is 10.1. The van der Waals surface area contributed by atoms with Crippen molar-refractivity contribution in [1.29, 1.82) is 0 Å². The zero-order valence-corrected chi connectivity index (χ0v) is 17.1. The van der Waals surface area contributed by atoms with Gasteiger partial charge in [0.2, 0.25) is 0 Å². The molecule has 0 atom stereocenters. The van der Waals surface area contributed by atoms with Crippen molar-refractivity contribution in [1.82, 2.24) is 9.27 Å². The van der Waals surface area contributed by atoms with E-state index in [1.54, 1.807) is 6.07 Å². The number of nitrogens with zero attached hydrogens (tertiary/aromatic N) is 3. The monoisotopic (exact) mass is 424 g/mol. The quantitative estimate of drug-likeness (QED) is 0.793. The third kappa shape index (κ3) is 4.78. The molecule has 1 aliphatic carbocycles. The van der Waals surface area contributed by atoms with Gasteiger partial charge in [-0.05, 0) is 61.8 Å². The maximum atomic E-state index is 15.1. The Balaban J connectivity index is 1.25. The molecule has 9 heteroatoms. The highest BCUT2D eigenvalue weighted by molar-refractivity contribution is 7.13. The molecule has 158 valence electrons. The average molecular weight is 425 g/mol. The molecule has 0 bridgehead atoms. The predicted molar refractivity (Wildman–Crippen MR) is 110 cm³/mol. The van der Waals surface area contributed by atoms with Gasteiger partial charge in [-0.2, -0.15) is 4.37 Å². The van der Waals surface area contributed by atoms with Crippen LogP contribution in [0, 0.1) is 5.82 Å². The minimum atomic E-state index is -1.19. The molecule has 1 saturated heterocycles. The van der Waals surface area contributed by atoms with E-state index in [4.69, 9.17) is 10.5 Å². The molecular formula is C20H26F2N4O2S. The molecule has 29 heavy (non-hydrogen) atoms. The lowest BCUT2D eigenvalue weighted by Crippen LogP contribution is -2.48. The number of rotatable bonds is 5. The van der Waals surface area contributed by atoms with Crippen molar-refractivity contribution in [2.75, 3.05) is 37.6 Å². The number of carbonyl (C=O) groups is 1. The maximum Gasteiger partial charge on any atom is 0.404 e. The molecule has 1 aliphatic heterocycles. The van der Waals surface area contributed by atoms with Crippen LogP contribution >= 0.6 is 11.5 Å². The van der Waals surface area contributed by atoms with Crippen LogP contribution in [0.3, 0.4) is 0 Å². The summed E-state index contributed by atoms with van der Waals surface area (Å²) in [5, 5.41) is 0.988. The van der Waals surface area contributed by atoms with Gasteiger partial charge in [-0.25, -0.2) is 13.6 Å². The van der Waals surface area contributed by atoms with Gasteiger partial charge in [-0.3, -0.25) is 4.90 Å². The van der Waals surface area contributed by atoms with Gasteiger partial charge in [-0.1, -0.05) is 0 Å². The van der Waals surface area contributed by atoms with Crippen molar-refractivity contribution in [3.05, 3.63) is 24.0 Å². The fourth-order valence-corrected chi connectivity index (χ4v) is 5.13. The third-order valence-electron chi connectivity index (χ3n) is 6.07. The number of nitrogens with two attached hydrogens (primary N) is 1. The Labute approximate surface area is 172 Å². The molecule has 2 N–H and O–H groups in total. The predicted octanol–water partition coefficient (Wildman–Crippen LogP) is 3.69. The third-order valence-corrected chi connectivity index (χ3v) is 6.87. The van der Waals surface area contributed by atoms with Crippen LogP contribution in [0.15, 0.2) is 18.2 Å². The van der Waals surface area contributed by atoms with Crippen molar-refractivity contribution < 1.29 is 18.3 Å². The first-order chi connectivity index (χ1) is 13.9. The van der Waals surface area contributed by atoms with E-state index in [1.165, 1.54) is 23.7 Å². The van der Waals surface area contributed by atoms with Crippen LogP contribution in [0.5, 0.6) is 0 Å². The second-order valence-corrected chi connectivity index (χ2v) is 8.82. The number of primary amides is 1. The maximum absolute atomic E-state index is 15.1. The average Bonchev–Trinajstić information content (AvgIpc) is 3.11. The number of aromatic nitrogens is 1. The molecule has 1 saturated carbocycles. The molecule has 0 spiro atoms. The van der Waals surface area contributed by atoms with Crippen LogP contribution in [0.4, 0.5) is 19.4 Å². The largest absolute Gasteiger partial charge is 0.446 e. The van der Waals surface area contributed by atoms with Crippen LogP contribution in [0.1, 0.15) is 32.1 Å². The lowest BCUT2D eigenvalue weighted by molar-refractivity contribution is 0.0120. The first kappa shape index (κ1) is 20.3. The molecule has 2 fully saturated rings. The molecule has 4 rings (SSSR count). The van der Waals surface area contributed by atoms with Crippen molar-refractivity contribution in [3.63, 3.8) is 0 Å². The number of anilines is 1. The van der Waals surface area contributed by atoms with Crippen LogP contribution in [-0.2, 0) is 4.74 Å². The number of ether oxygens (including phenoxy) is 1. The number of benzene rings is 1. The lowest BCUT2D eigenvalue weighted by atomic mass is 9.82. The SMILES string of the molecule is NC(=O)OC1CCC(F)(CCN2CCN(c3nsc4cc(F)ccc34)CC2)CC1. The number of carbonyl (C=O) groups excluding carboxylic acids is 1. The van der Waals surface area contributed by atoms with Crippen LogP contribution in [-0.4, -0.2) is 59.9 Å². The fraction of sp³-hybridized carbons (Fsp3) is 0.600. The summed E-state index contributed by atoms with van der Waals surface area (Å²) in [7, 11) is 0. The Hall–Kier alpha value is -2.00. The molecule has 6 nitrogen and oxygen atoms in total. The minimum Gasteiger partial charge on any atom is -0.446 e. The smallest absolute Gasteiger partial charge is 0.404 e. The molecule has 1 aromatic carbocycles. The van der Waals surface area contributed by atoms with Gasteiger partial charge in [0.15, 0.2) is 0 Å². The Bertz CT molecular complexity index is 861. The van der Waals surface area contributed by atoms with E-state index in [2.05, 4.69) is 14.2 Å². The van der Waals surface area contributed by atoms with Gasteiger partial charge in [0.25, 0.3) is 0 Å². The molecule has 1 aromatic heterocycles. The highest BCUT2D eigenvalue weighted by Crippen LogP contribution is 2.36. The molecule has 1 amide bonds. The van der Waals surface area contributed by atoms with Crippen molar-refractivity contribution in [3.8, 4) is 0 Å². The van der Waals surface area contributed by atoms with Gasteiger partial charge in [0.05, 0.1) is 4.70 Å². The fourth-order valence-electron chi connectivity index (χ4n) is 4.31. The lowest BCUT2D eigenvalue weighted by Gasteiger charge is -2.38. The number of amides is 1. The van der Waals surface area contributed by atoms with Crippen LogP contribution in [0.2, 0.25) is 0 Å². The van der Waals surface area contributed by atoms with E-state index in [9.17, 15) is 9.18 Å². The van der Waals surface area contributed by atoms with Crippen molar-refractivity contribution in [2.24, 2.45) is 5.73 Å². The Morgan fingerprint density at radius 1 is 1.28 bits per heavy atom. The summed E-state index contributed by atoms with van der Waals surface area (Å²) in [5.41, 5.74) is 3.85. The van der Waals surface area contributed by atoms with Gasteiger partial charge in [-0.15, -0.1) is 0 Å². The summed E-state index contributed by atoms with van der Waals surface area (Å²) in [6.07, 6.45) is 1.35. The summed E-state index contributed by atoms with van der Waals surface area (Å²) < 4.78 is 38.9. The summed E-state index contributed by atoms with van der Waals surface area (Å²) >= 11 is 1.32. The second kappa shape index (κ2) is 8.39. The van der Waals surface area contributed by atoms with Crippen molar-refractivity contribution in [2.45, 2.75) is 43.9 Å². The summed E-state index contributed by atoms with van der Waals surface area (Å²) in [4.78, 5) is 15.4. The van der Waals surface area contributed by atoms with Gasteiger partial charge >= 0.3 is 6.09 Å². The first-order valence-corrected chi connectivity index (χ1v) is 10.9. The number of hydrogen-bond donors (Lipinski definition) is 1. The molecule has 2 heterocycles. The van der Waals surface area contributed by atoms with Crippen molar-refractivity contribution >= 4 is 33.5 Å². The molecule has 0 unspecified atom stereocenters. The molecule has 0 radical (unpaired) electrons. The Morgan fingerprint density at radius 2 is 2.00 bits per heavy atom. The van der Waals surface area contributed by atoms with Gasteiger partial charge in [0, 0.05) is 38.1 Å². The molecular weight excluding hydrogens is 398 g/mol. The van der Waals surface area contributed by atoms with Gasteiger partial charge in [0.1, 0.15) is 23.4 Å². The number of piperazine rings is 1. The Morgan fingerprint density at radius 3 is 2.69 bits per heavy atom. The summed E-state index contributed by atoms with van der Waals surface area (Å²) in [5.74, 6) is 0.673. The zero-order valence-electron chi connectivity index (χ0n) is 16.3. The standard InChI is InChI=1S/C20H26F2N4O2S/c21-14-1-2-16-17(13-14)29-24-18(16)26-11-9-25(10-12-26)8-7-20(22)5-3-15(4-6-20)28-19(23)27/h1-2,13,15H,3-12H2,(H2,23,27). The van der Waals surface area contributed by atoms with E-state index in [-0.39, 0.29) is 11.9 Å². The number of fused-ring (bicyclic) bond motifs is 1. The van der Waals surface area contributed by atoms with E-state index in [1.807, 2.05) is 0 Å². The number of alkyl halides is 1. The van der Waals surface area contributed by atoms with Crippen LogP contribution in [0.25, 0.3) is 10.1 Å². The second-order valence-electron chi connectivity index (χ2n) is 8.01. The van der Waals surface area contributed by atoms with E-state index >= 15 is 4.39 Å². The van der Waals surface area contributed by atoms with E-state index < -0.39 is 11.8 Å². The summed E-state index contributed by atoms with van der Waals surface area (Å²) in [6, 6.07) is 4.79. The minimum absolute atomic E-state index is 0.243. The van der Waals surface area contributed by atoms with E-state index in [0.717, 1.165) is 42.1 Å². The Kier molecular flexibility index (Phi) is 5.87. The zero-order chi connectivity index (χ0) is 20.4. The highest BCUT2D eigenvalue weighted by Gasteiger charge is 2.36. The van der Waals surface area contributed by atoms with Gasteiger partial charge < -0.3 is 15.4 Å². The molecule has 2 aromatic rings. The van der Waals surface area contributed by atoms with E-state index in [0.29, 0.717) is 38.6 Å². The number of hydrogen-bond acceptors (Lipinski definition) is 6. The summed E-state index contributed by atoms with van der Waals surface area (Å²) in [6.45, 7) is 4.07. The normalized spacial score (nSPS) is 26.0.